The maximum Gasteiger partial charge on any atom is 0.333 e. The molecular formula is C20H14F6N2O3. The highest BCUT2D eigenvalue weighted by molar-refractivity contribution is 5.23. The second-order valence-electron chi connectivity index (χ2n) is 6.57. The third-order valence-electron chi connectivity index (χ3n) is 4.58. The number of alkyl halides is 2. The van der Waals surface area contributed by atoms with Gasteiger partial charge in [0.05, 0.1) is 19.2 Å². The molecule has 0 radical (unpaired) electrons. The van der Waals surface area contributed by atoms with Crippen LogP contribution in [0.1, 0.15) is 23.5 Å². The summed E-state index contributed by atoms with van der Waals surface area (Å²) in [6.07, 6.45) is -4.65. The fourth-order valence-electron chi connectivity index (χ4n) is 2.99. The standard InChI is InChI=1S/C20H14F6N2O3/c21-12-5-1-3-10(18(12)25)14(23)8-27-16(29)7-17(30)28(20(27)31)9-15(24)11-4-2-6-13(22)19(11)26/h1-7,14-15,29H,8-9H2/t14-,15+/m1/s1. The Balaban J connectivity index is 1.96. The minimum atomic E-state index is -2.33. The molecule has 0 bridgehead atoms. The van der Waals surface area contributed by atoms with Crippen molar-refractivity contribution in [2.24, 2.45) is 0 Å². The second-order valence-corrected chi connectivity index (χ2v) is 6.57. The molecule has 0 aliphatic heterocycles. The Morgan fingerprint density at radius 1 is 0.774 bits per heavy atom. The van der Waals surface area contributed by atoms with Crippen molar-refractivity contribution in [2.45, 2.75) is 25.4 Å². The molecule has 3 rings (SSSR count). The Bertz CT molecular complexity index is 1240. The number of halogens is 6. The van der Waals surface area contributed by atoms with Crippen molar-refractivity contribution in [3.05, 3.63) is 97.7 Å². The quantitative estimate of drug-likeness (QED) is 0.590. The van der Waals surface area contributed by atoms with E-state index in [0.717, 1.165) is 36.4 Å². The molecule has 164 valence electrons. The van der Waals surface area contributed by atoms with E-state index in [2.05, 4.69) is 0 Å². The number of benzene rings is 2. The first-order valence-corrected chi connectivity index (χ1v) is 8.81. The van der Waals surface area contributed by atoms with Crippen LogP contribution in [0.4, 0.5) is 26.3 Å². The van der Waals surface area contributed by atoms with Crippen LogP contribution in [0, 0.1) is 23.3 Å². The highest BCUT2D eigenvalue weighted by Crippen LogP contribution is 2.26. The van der Waals surface area contributed by atoms with Crippen molar-refractivity contribution in [3.8, 4) is 5.88 Å². The van der Waals surface area contributed by atoms with Crippen molar-refractivity contribution >= 4 is 0 Å². The van der Waals surface area contributed by atoms with Crippen LogP contribution < -0.4 is 11.2 Å². The molecule has 0 fully saturated rings. The molecule has 0 spiro atoms. The Morgan fingerprint density at radius 2 is 1.23 bits per heavy atom. The van der Waals surface area contributed by atoms with E-state index in [-0.39, 0.29) is 4.57 Å². The molecule has 1 N–H and O–H groups in total. The fraction of sp³-hybridized carbons (Fsp3) is 0.200. The summed E-state index contributed by atoms with van der Waals surface area (Å²) in [7, 11) is 0. The zero-order chi connectivity index (χ0) is 22.9. The van der Waals surface area contributed by atoms with Gasteiger partial charge in [-0.1, -0.05) is 24.3 Å². The van der Waals surface area contributed by atoms with Crippen molar-refractivity contribution in [2.75, 3.05) is 0 Å². The largest absolute Gasteiger partial charge is 0.494 e. The minimum Gasteiger partial charge on any atom is -0.494 e. The predicted molar refractivity (Wildman–Crippen MR) is 97.0 cm³/mol. The maximum absolute atomic E-state index is 14.5. The predicted octanol–water partition coefficient (Wildman–Crippen LogP) is 3.69. The monoisotopic (exact) mass is 444 g/mol. The van der Waals surface area contributed by atoms with Gasteiger partial charge in [0.25, 0.3) is 5.56 Å². The molecule has 2 aromatic carbocycles. The van der Waals surface area contributed by atoms with Gasteiger partial charge in [-0.25, -0.2) is 31.1 Å². The summed E-state index contributed by atoms with van der Waals surface area (Å²) in [5.74, 6) is -6.68. The summed E-state index contributed by atoms with van der Waals surface area (Å²) in [4.78, 5) is 24.6. The van der Waals surface area contributed by atoms with E-state index in [1.165, 1.54) is 0 Å². The lowest BCUT2D eigenvalue weighted by Crippen LogP contribution is -2.40. The fourth-order valence-corrected chi connectivity index (χ4v) is 2.99. The van der Waals surface area contributed by atoms with Crippen LogP contribution in [-0.4, -0.2) is 14.2 Å². The van der Waals surface area contributed by atoms with E-state index >= 15 is 0 Å². The SMILES string of the molecule is O=c1cc(O)n(C[C@@H](F)c2cccc(F)c2F)c(=O)n1C[C@H](F)c1cccc(F)c1F. The van der Waals surface area contributed by atoms with Crippen LogP contribution in [0.25, 0.3) is 0 Å². The average Bonchev–Trinajstić information content (AvgIpc) is 2.72. The first-order valence-electron chi connectivity index (χ1n) is 8.81. The third-order valence-corrected chi connectivity index (χ3v) is 4.58. The lowest BCUT2D eigenvalue weighted by Gasteiger charge is -2.16. The molecule has 2 atom stereocenters. The van der Waals surface area contributed by atoms with Gasteiger partial charge in [-0.3, -0.25) is 13.9 Å². The van der Waals surface area contributed by atoms with E-state index in [0.29, 0.717) is 10.6 Å². The molecule has 31 heavy (non-hydrogen) atoms. The Kier molecular flexibility index (Phi) is 6.23. The highest BCUT2D eigenvalue weighted by Gasteiger charge is 2.24. The smallest absolute Gasteiger partial charge is 0.333 e. The van der Waals surface area contributed by atoms with Gasteiger partial charge >= 0.3 is 5.69 Å². The zero-order valence-electron chi connectivity index (χ0n) is 15.5. The van der Waals surface area contributed by atoms with Gasteiger partial charge in [0.2, 0.25) is 5.88 Å². The van der Waals surface area contributed by atoms with Gasteiger partial charge in [0.1, 0.15) is 12.3 Å². The van der Waals surface area contributed by atoms with Gasteiger partial charge in [0, 0.05) is 11.1 Å². The summed E-state index contributed by atoms with van der Waals surface area (Å²) in [6.45, 7) is -2.10. The van der Waals surface area contributed by atoms with Crippen LogP contribution in [0.5, 0.6) is 5.88 Å². The van der Waals surface area contributed by atoms with E-state index in [1.807, 2.05) is 0 Å². The first-order chi connectivity index (χ1) is 14.6. The average molecular weight is 444 g/mol. The molecule has 0 aliphatic rings. The van der Waals surface area contributed by atoms with E-state index < -0.39 is 77.0 Å². The molecular weight excluding hydrogens is 430 g/mol. The summed E-state index contributed by atoms with van der Waals surface area (Å²) in [5, 5.41) is 9.86. The van der Waals surface area contributed by atoms with Crippen molar-refractivity contribution < 1.29 is 31.4 Å². The number of nitrogens with zero attached hydrogens (tertiary/aromatic N) is 2. The van der Waals surface area contributed by atoms with Crippen LogP contribution in [0.2, 0.25) is 0 Å². The number of hydrogen-bond acceptors (Lipinski definition) is 3. The molecule has 0 saturated heterocycles. The van der Waals surface area contributed by atoms with E-state index in [4.69, 9.17) is 0 Å². The molecule has 3 aromatic rings. The second kappa shape index (κ2) is 8.70. The van der Waals surface area contributed by atoms with E-state index in [1.54, 1.807) is 0 Å². The molecule has 1 heterocycles. The summed E-state index contributed by atoms with van der Waals surface area (Å²) >= 11 is 0. The van der Waals surface area contributed by atoms with Gasteiger partial charge in [-0.15, -0.1) is 0 Å². The minimum absolute atomic E-state index is 0.239. The number of aromatic hydroxyl groups is 1. The lowest BCUT2D eigenvalue weighted by molar-refractivity contribution is 0.253. The Labute approximate surface area is 170 Å². The van der Waals surface area contributed by atoms with Crippen molar-refractivity contribution in [1.29, 1.82) is 0 Å². The summed E-state index contributed by atoms with van der Waals surface area (Å²) < 4.78 is 83.8. The highest BCUT2D eigenvalue weighted by atomic mass is 19.2. The van der Waals surface area contributed by atoms with Gasteiger partial charge in [-0.2, -0.15) is 0 Å². The normalized spacial score (nSPS) is 13.2. The van der Waals surface area contributed by atoms with Crippen LogP contribution in [0.15, 0.2) is 52.1 Å². The van der Waals surface area contributed by atoms with E-state index in [9.17, 15) is 41.0 Å². The molecule has 0 amide bonds. The first kappa shape index (κ1) is 22.2. The third kappa shape index (κ3) is 4.35. The Hall–Kier alpha value is -3.50. The lowest BCUT2D eigenvalue weighted by atomic mass is 10.1. The number of rotatable bonds is 6. The van der Waals surface area contributed by atoms with Crippen LogP contribution >= 0.6 is 0 Å². The van der Waals surface area contributed by atoms with Gasteiger partial charge < -0.3 is 5.11 Å². The van der Waals surface area contributed by atoms with Crippen molar-refractivity contribution in [3.63, 3.8) is 0 Å². The number of aromatic nitrogens is 2. The number of hydrogen-bond donors (Lipinski definition) is 1. The van der Waals surface area contributed by atoms with Crippen LogP contribution in [-0.2, 0) is 13.1 Å². The summed E-state index contributed by atoms with van der Waals surface area (Å²) in [6, 6.07) is 5.87. The van der Waals surface area contributed by atoms with Crippen LogP contribution in [0.3, 0.4) is 0 Å². The molecule has 0 unspecified atom stereocenters. The molecule has 5 nitrogen and oxygen atoms in total. The summed E-state index contributed by atoms with van der Waals surface area (Å²) in [5.41, 5.74) is -4.07. The molecule has 0 saturated carbocycles. The molecule has 11 heteroatoms. The molecule has 1 aromatic heterocycles. The van der Waals surface area contributed by atoms with Crippen molar-refractivity contribution in [1.82, 2.24) is 9.13 Å². The Morgan fingerprint density at radius 3 is 1.71 bits per heavy atom. The maximum atomic E-state index is 14.5. The van der Waals surface area contributed by atoms with Gasteiger partial charge in [-0.05, 0) is 12.1 Å². The van der Waals surface area contributed by atoms with Gasteiger partial charge in [0.15, 0.2) is 23.3 Å². The zero-order valence-corrected chi connectivity index (χ0v) is 15.5. The molecule has 0 aliphatic carbocycles. The topological polar surface area (TPSA) is 64.2 Å².